The fraction of sp³-hybridized carbons (Fsp3) is 0.500. The van der Waals surface area contributed by atoms with Gasteiger partial charge in [0.25, 0.3) is 0 Å². The zero-order valence-corrected chi connectivity index (χ0v) is 14.8. The van der Waals surface area contributed by atoms with Gasteiger partial charge in [-0.2, -0.15) is 5.10 Å². The van der Waals surface area contributed by atoms with E-state index in [4.69, 9.17) is 9.05 Å². The molecule has 0 bridgehead atoms. The first kappa shape index (κ1) is 17.0. The molecule has 8 heteroatoms. The third-order valence-corrected chi connectivity index (χ3v) is 4.80. The van der Waals surface area contributed by atoms with Crippen molar-refractivity contribution < 1.29 is 13.4 Å². The molecule has 0 spiro atoms. The van der Waals surface area contributed by atoms with E-state index in [9.17, 15) is 4.39 Å². The van der Waals surface area contributed by atoms with Crippen LogP contribution in [0.3, 0.4) is 0 Å². The number of halogens is 1. The van der Waals surface area contributed by atoms with Crippen LogP contribution < -0.4 is 0 Å². The van der Waals surface area contributed by atoms with Crippen LogP contribution in [0.5, 0.6) is 0 Å². The van der Waals surface area contributed by atoms with E-state index in [2.05, 4.69) is 20.3 Å². The molecule has 0 aromatic carbocycles. The fourth-order valence-electron chi connectivity index (χ4n) is 3.51. The molecule has 0 unspecified atom stereocenters. The summed E-state index contributed by atoms with van der Waals surface area (Å²) in [7, 11) is 0. The van der Waals surface area contributed by atoms with Crippen molar-refractivity contribution in [3.63, 3.8) is 0 Å². The predicted molar refractivity (Wildman–Crippen MR) is 91.9 cm³/mol. The lowest BCUT2D eigenvalue weighted by atomic mass is 10.1. The lowest BCUT2D eigenvalue weighted by Gasteiger charge is -2.21. The summed E-state index contributed by atoms with van der Waals surface area (Å²) >= 11 is 0. The van der Waals surface area contributed by atoms with Gasteiger partial charge in [-0.1, -0.05) is 10.3 Å². The molecule has 4 heterocycles. The van der Waals surface area contributed by atoms with Gasteiger partial charge in [0.15, 0.2) is 5.76 Å². The van der Waals surface area contributed by atoms with Crippen LogP contribution in [0.2, 0.25) is 0 Å². The van der Waals surface area contributed by atoms with E-state index in [1.165, 1.54) is 0 Å². The van der Waals surface area contributed by atoms with E-state index < -0.39 is 0 Å². The molecule has 1 saturated heterocycles. The quantitative estimate of drug-likeness (QED) is 0.642. The number of furan rings is 1. The number of nitrogens with zero attached hydrogens (tertiary/aromatic N) is 5. The molecular formula is C18H22FN5O2. The van der Waals surface area contributed by atoms with Gasteiger partial charge in [0.1, 0.15) is 22.8 Å². The first-order valence-corrected chi connectivity index (χ1v) is 8.96. The Morgan fingerprint density at radius 3 is 3.00 bits per heavy atom. The Labute approximate surface area is 150 Å². The SMILES string of the molecule is Cc1nonc1[C@@H]1CCCN1Cc1ccc(-c2ccn(CCCF)n2)o1. The molecule has 1 atom stereocenters. The summed E-state index contributed by atoms with van der Waals surface area (Å²) in [5.74, 6) is 1.62. The van der Waals surface area contributed by atoms with Crippen molar-refractivity contribution in [1.29, 1.82) is 0 Å². The highest BCUT2D eigenvalue weighted by molar-refractivity contribution is 5.51. The first-order valence-electron chi connectivity index (χ1n) is 8.96. The predicted octanol–water partition coefficient (Wildman–Crippen LogP) is 3.53. The number of rotatable bonds is 7. The first-order chi connectivity index (χ1) is 12.7. The molecular weight excluding hydrogens is 337 g/mol. The summed E-state index contributed by atoms with van der Waals surface area (Å²) in [6.45, 7) is 3.86. The zero-order chi connectivity index (χ0) is 17.9. The van der Waals surface area contributed by atoms with E-state index in [0.29, 0.717) is 19.5 Å². The molecule has 3 aromatic heterocycles. The molecule has 138 valence electrons. The van der Waals surface area contributed by atoms with Crippen molar-refractivity contribution in [2.45, 2.75) is 45.3 Å². The van der Waals surface area contributed by atoms with Crippen molar-refractivity contribution in [3.05, 3.63) is 41.5 Å². The highest BCUT2D eigenvalue weighted by atomic mass is 19.1. The van der Waals surface area contributed by atoms with Crippen LogP contribution in [-0.2, 0) is 13.1 Å². The van der Waals surface area contributed by atoms with Gasteiger partial charge >= 0.3 is 0 Å². The summed E-state index contributed by atoms with van der Waals surface area (Å²) < 4.78 is 24.9. The van der Waals surface area contributed by atoms with Crippen molar-refractivity contribution >= 4 is 0 Å². The van der Waals surface area contributed by atoms with Crippen LogP contribution in [0.4, 0.5) is 4.39 Å². The van der Waals surface area contributed by atoms with Crippen molar-refractivity contribution in [2.24, 2.45) is 0 Å². The topological polar surface area (TPSA) is 73.1 Å². The van der Waals surface area contributed by atoms with Crippen LogP contribution in [-0.4, -0.2) is 38.2 Å². The van der Waals surface area contributed by atoms with Crippen LogP contribution in [0.1, 0.15) is 42.5 Å². The third-order valence-electron chi connectivity index (χ3n) is 4.80. The van der Waals surface area contributed by atoms with E-state index in [1.807, 2.05) is 31.3 Å². The lowest BCUT2D eigenvalue weighted by molar-refractivity contribution is 0.216. The maximum Gasteiger partial charge on any atom is 0.154 e. The van der Waals surface area contributed by atoms with Crippen LogP contribution >= 0.6 is 0 Å². The van der Waals surface area contributed by atoms with Crippen LogP contribution in [0.25, 0.3) is 11.5 Å². The minimum Gasteiger partial charge on any atom is -0.458 e. The van der Waals surface area contributed by atoms with Gasteiger partial charge in [-0.15, -0.1) is 0 Å². The van der Waals surface area contributed by atoms with E-state index in [0.717, 1.165) is 48.0 Å². The van der Waals surface area contributed by atoms with Gasteiger partial charge in [-0.05, 0) is 50.9 Å². The van der Waals surface area contributed by atoms with Gasteiger partial charge in [-0.3, -0.25) is 14.0 Å². The molecule has 1 aliphatic heterocycles. The van der Waals surface area contributed by atoms with Crippen molar-refractivity contribution in [1.82, 2.24) is 25.0 Å². The van der Waals surface area contributed by atoms with Gasteiger partial charge in [0.2, 0.25) is 0 Å². The largest absolute Gasteiger partial charge is 0.458 e. The zero-order valence-electron chi connectivity index (χ0n) is 14.8. The van der Waals surface area contributed by atoms with E-state index in [-0.39, 0.29) is 12.7 Å². The number of hydrogen-bond acceptors (Lipinski definition) is 6. The smallest absolute Gasteiger partial charge is 0.154 e. The highest BCUT2D eigenvalue weighted by Gasteiger charge is 2.30. The number of likely N-dealkylation sites (tertiary alicyclic amines) is 1. The summed E-state index contributed by atoms with van der Waals surface area (Å²) in [6.07, 6.45) is 4.48. The second kappa shape index (κ2) is 7.41. The second-order valence-electron chi connectivity index (χ2n) is 6.64. The Morgan fingerprint density at radius 2 is 2.19 bits per heavy atom. The molecule has 1 aliphatic rings. The lowest BCUT2D eigenvalue weighted by Crippen LogP contribution is -2.23. The molecule has 0 aliphatic carbocycles. The summed E-state index contributed by atoms with van der Waals surface area (Å²) in [5.41, 5.74) is 2.53. The Morgan fingerprint density at radius 1 is 1.27 bits per heavy atom. The van der Waals surface area contributed by atoms with Crippen LogP contribution in [0, 0.1) is 6.92 Å². The maximum atomic E-state index is 12.3. The average molecular weight is 359 g/mol. The van der Waals surface area contributed by atoms with Gasteiger partial charge in [0.05, 0.1) is 19.3 Å². The monoisotopic (exact) mass is 359 g/mol. The maximum absolute atomic E-state index is 12.3. The summed E-state index contributed by atoms with van der Waals surface area (Å²) in [6, 6.07) is 6.03. The Balaban J connectivity index is 1.45. The number of aryl methyl sites for hydroxylation is 2. The minimum atomic E-state index is -0.336. The minimum absolute atomic E-state index is 0.217. The molecule has 3 aromatic rings. The van der Waals surface area contributed by atoms with Crippen LogP contribution in [0.15, 0.2) is 33.4 Å². The average Bonchev–Trinajstić information content (AvgIpc) is 3.40. The number of alkyl halides is 1. The standard InChI is InChI=1S/C18H22FN5O2/c1-13-18(22-26-21-13)16-4-2-9-23(16)12-14-5-6-17(25-14)15-7-11-24(20-15)10-3-8-19/h5-7,11,16H,2-4,8-10,12H2,1H3/t16-/m0/s1. The Bertz CT molecular complexity index is 855. The molecule has 7 nitrogen and oxygen atoms in total. The highest BCUT2D eigenvalue weighted by Crippen LogP contribution is 2.34. The van der Waals surface area contributed by atoms with Crippen molar-refractivity contribution in [3.8, 4) is 11.5 Å². The summed E-state index contributed by atoms with van der Waals surface area (Å²) in [4.78, 5) is 2.34. The van der Waals surface area contributed by atoms with Gasteiger partial charge < -0.3 is 4.42 Å². The summed E-state index contributed by atoms with van der Waals surface area (Å²) in [5, 5.41) is 12.4. The normalized spacial score (nSPS) is 18.0. The molecule has 0 radical (unpaired) electrons. The molecule has 1 fully saturated rings. The molecule has 26 heavy (non-hydrogen) atoms. The van der Waals surface area contributed by atoms with E-state index in [1.54, 1.807) is 4.68 Å². The molecule has 0 saturated carbocycles. The Kier molecular flexibility index (Phi) is 4.83. The third kappa shape index (κ3) is 3.41. The van der Waals surface area contributed by atoms with E-state index >= 15 is 0 Å². The number of aromatic nitrogens is 4. The molecule has 0 amide bonds. The van der Waals surface area contributed by atoms with Gasteiger partial charge in [-0.25, -0.2) is 4.63 Å². The molecule has 0 N–H and O–H groups in total. The second-order valence-corrected chi connectivity index (χ2v) is 6.64. The van der Waals surface area contributed by atoms with Crippen molar-refractivity contribution in [2.75, 3.05) is 13.2 Å². The fourth-order valence-corrected chi connectivity index (χ4v) is 3.51. The molecule has 4 rings (SSSR count). The number of hydrogen-bond donors (Lipinski definition) is 0. The van der Waals surface area contributed by atoms with Gasteiger partial charge in [0, 0.05) is 12.7 Å². The Hall–Kier alpha value is -2.48.